The summed E-state index contributed by atoms with van der Waals surface area (Å²) in [6.07, 6.45) is 3.61. The minimum Gasteiger partial charge on any atom is -0.462 e. The average Bonchev–Trinajstić information content (AvgIpc) is 2.07. The summed E-state index contributed by atoms with van der Waals surface area (Å²) in [6.45, 7) is 8.24. The van der Waals surface area contributed by atoms with Crippen molar-refractivity contribution in [2.24, 2.45) is 17.8 Å². The van der Waals surface area contributed by atoms with Crippen LogP contribution < -0.4 is 0 Å². The molecule has 0 amide bonds. The van der Waals surface area contributed by atoms with Crippen LogP contribution in [-0.2, 0) is 9.53 Å². The van der Waals surface area contributed by atoms with Gasteiger partial charge in [0.2, 0.25) is 0 Å². The van der Waals surface area contributed by atoms with E-state index in [0.29, 0.717) is 11.8 Å². The van der Waals surface area contributed by atoms with E-state index < -0.39 is 0 Å². The molecular weight excluding hydrogens is 176 g/mol. The van der Waals surface area contributed by atoms with Gasteiger partial charge in [-0.1, -0.05) is 20.8 Å². The van der Waals surface area contributed by atoms with E-state index in [0.717, 1.165) is 12.3 Å². The molecule has 0 bridgehead atoms. The third kappa shape index (κ3) is 3.00. The van der Waals surface area contributed by atoms with Crippen LogP contribution in [-0.4, -0.2) is 12.1 Å². The number of hydrogen-bond acceptors (Lipinski definition) is 2. The summed E-state index contributed by atoms with van der Waals surface area (Å²) in [6, 6.07) is 0. The summed E-state index contributed by atoms with van der Waals surface area (Å²) >= 11 is 0. The van der Waals surface area contributed by atoms with Crippen LogP contribution in [0.2, 0.25) is 0 Å². The number of carbonyl (C=O) groups excluding carboxylic acids is 1. The number of carbonyl (C=O) groups is 1. The minimum absolute atomic E-state index is 0.129. The van der Waals surface area contributed by atoms with E-state index in [1.54, 1.807) is 0 Å². The molecule has 0 heterocycles. The van der Waals surface area contributed by atoms with Gasteiger partial charge in [-0.15, -0.1) is 0 Å². The lowest BCUT2D eigenvalue weighted by Gasteiger charge is -2.36. The molecule has 82 valence electrons. The highest BCUT2D eigenvalue weighted by Gasteiger charge is 2.32. The zero-order valence-corrected chi connectivity index (χ0v) is 9.75. The normalized spacial score (nSPS) is 33.1. The number of ether oxygens (including phenoxy) is 1. The summed E-state index contributed by atoms with van der Waals surface area (Å²) in [7, 11) is 0. The molecule has 0 aromatic rings. The van der Waals surface area contributed by atoms with E-state index in [9.17, 15) is 4.79 Å². The summed E-state index contributed by atoms with van der Waals surface area (Å²) < 4.78 is 5.37. The Labute approximate surface area is 87.0 Å². The molecule has 14 heavy (non-hydrogen) atoms. The molecule has 3 atom stereocenters. The van der Waals surface area contributed by atoms with Gasteiger partial charge in [-0.3, -0.25) is 4.79 Å². The molecule has 0 aromatic carbocycles. The van der Waals surface area contributed by atoms with Gasteiger partial charge in [0.1, 0.15) is 6.10 Å². The molecule has 1 aliphatic carbocycles. The van der Waals surface area contributed by atoms with Gasteiger partial charge in [-0.2, -0.15) is 0 Å². The molecule has 0 N–H and O–H groups in total. The third-order valence-corrected chi connectivity index (χ3v) is 3.27. The van der Waals surface area contributed by atoms with E-state index in [-0.39, 0.29) is 12.1 Å². The van der Waals surface area contributed by atoms with E-state index in [1.807, 2.05) is 0 Å². The molecule has 0 unspecified atom stereocenters. The Morgan fingerprint density at radius 1 is 1.36 bits per heavy atom. The predicted molar refractivity (Wildman–Crippen MR) is 56.9 cm³/mol. The van der Waals surface area contributed by atoms with Crippen molar-refractivity contribution in [3.63, 3.8) is 0 Å². The Hall–Kier alpha value is -0.530. The summed E-state index contributed by atoms with van der Waals surface area (Å²) in [5.41, 5.74) is 0. The summed E-state index contributed by atoms with van der Waals surface area (Å²) in [4.78, 5) is 10.9. The van der Waals surface area contributed by atoms with Crippen LogP contribution in [0.25, 0.3) is 0 Å². The smallest absolute Gasteiger partial charge is 0.302 e. The highest BCUT2D eigenvalue weighted by Crippen LogP contribution is 2.35. The fourth-order valence-electron chi connectivity index (χ4n) is 2.46. The Balaban J connectivity index is 2.58. The second-order valence-corrected chi connectivity index (χ2v) is 4.97. The van der Waals surface area contributed by atoms with Gasteiger partial charge in [0.15, 0.2) is 0 Å². The van der Waals surface area contributed by atoms with E-state index >= 15 is 0 Å². The lowest BCUT2D eigenvalue weighted by Crippen LogP contribution is -2.35. The predicted octanol–water partition coefficient (Wildman–Crippen LogP) is 3.01. The molecule has 1 fully saturated rings. The monoisotopic (exact) mass is 198 g/mol. The van der Waals surface area contributed by atoms with Crippen LogP contribution in [0, 0.1) is 17.8 Å². The van der Waals surface area contributed by atoms with Crippen molar-refractivity contribution >= 4 is 5.97 Å². The van der Waals surface area contributed by atoms with Crippen LogP contribution in [0.4, 0.5) is 0 Å². The largest absolute Gasteiger partial charge is 0.462 e. The van der Waals surface area contributed by atoms with Gasteiger partial charge in [0.25, 0.3) is 0 Å². The molecule has 0 aliphatic heterocycles. The van der Waals surface area contributed by atoms with Gasteiger partial charge in [-0.25, -0.2) is 0 Å². The van der Waals surface area contributed by atoms with Crippen molar-refractivity contribution in [3.05, 3.63) is 0 Å². The van der Waals surface area contributed by atoms with Crippen molar-refractivity contribution in [2.45, 2.75) is 53.1 Å². The first kappa shape index (κ1) is 11.5. The third-order valence-electron chi connectivity index (χ3n) is 3.27. The van der Waals surface area contributed by atoms with Crippen LogP contribution >= 0.6 is 0 Å². The SMILES string of the molecule is CC(=O)O[C@@H]1CC[C@H](C)C[C@H]1C(C)C. The van der Waals surface area contributed by atoms with Gasteiger partial charge < -0.3 is 4.74 Å². The molecular formula is C12H22O2. The van der Waals surface area contributed by atoms with Crippen molar-refractivity contribution in [1.29, 1.82) is 0 Å². The van der Waals surface area contributed by atoms with Crippen molar-refractivity contribution in [1.82, 2.24) is 0 Å². The highest BCUT2D eigenvalue weighted by atomic mass is 16.5. The Kier molecular flexibility index (Phi) is 3.97. The first-order chi connectivity index (χ1) is 6.50. The molecule has 1 rings (SSSR count). The van der Waals surface area contributed by atoms with E-state index in [2.05, 4.69) is 20.8 Å². The molecule has 0 saturated heterocycles. The zero-order valence-electron chi connectivity index (χ0n) is 9.75. The summed E-state index contributed by atoms with van der Waals surface area (Å²) in [5, 5.41) is 0. The molecule has 2 nitrogen and oxygen atoms in total. The van der Waals surface area contributed by atoms with Crippen molar-refractivity contribution in [2.75, 3.05) is 0 Å². The fourth-order valence-corrected chi connectivity index (χ4v) is 2.46. The second-order valence-electron chi connectivity index (χ2n) is 4.97. The van der Waals surface area contributed by atoms with Crippen molar-refractivity contribution in [3.8, 4) is 0 Å². The fraction of sp³-hybridized carbons (Fsp3) is 0.917. The lowest BCUT2D eigenvalue weighted by atomic mass is 9.75. The van der Waals surface area contributed by atoms with Crippen LogP contribution in [0.3, 0.4) is 0 Å². The highest BCUT2D eigenvalue weighted by molar-refractivity contribution is 5.66. The molecule has 1 saturated carbocycles. The van der Waals surface area contributed by atoms with Gasteiger partial charge in [-0.05, 0) is 37.0 Å². The zero-order chi connectivity index (χ0) is 10.7. The number of rotatable bonds is 2. The maximum absolute atomic E-state index is 10.9. The number of hydrogen-bond donors (Lipinski definition) is 0. The number of esters is 1. The maximum atomic E-state index is 10.9. The Morgan fingerprint density at radius 3 is 2.50 bits per heavy atom. The first-order valence-corrected chi connectivity index (χ1v) is 5.68. The van der Waals surface area contributed by atoms with Crippen LogP contribution in [0.15, 0.2) is 0 Å². The lowest BCUT2D eigenvalue weighted by molar-refractivity contribution is -0.152. The Morgan fingerprint density at radius 2 is 2.00 bits per heavy atom. The average molecular weight is 198 g/mol. The molecule has 0 radical (unpaired) electrons. The molecule has 2 heteroatoms. The van der Waals surface area contributed by atoms with E-state index in [1.165, 1.54) is 19.8 Å². The van der Waals surface area contributed by atoms with Crippen LogP contribution in [0.1, 0.15) is 47.0 Å². The van der Waals surface area contributed by atoms with Gasteiger partial charge >= 0.3 is 5.97 Å². The molecule has 0 aromatic heterocycles. The molecule has 0 spiro atoms. The van der Waals surface area contributed by atoms with Gasteiger partial charge in [0, 0.05) is 6.92 Å². The standard InChI is InChI=1S/C12H22O2/c1-8(2)11-7-9(3)5-6-12(11)14-10(4)13/h8-9,11-12H,5-7H2,1-4H3/t9-,11-,12+/m0/s1. The molecule has 1 aliphatic rings. The topological polar surface area (TPSA) is 26.3 Å². The quantitative estimate of drug-likeness (QED) is 0.637. The first-order valence-electron chi connectivity index (χ1n) is 5.68. The second kappa shape index (κ2) is 4.81. The summed E-state index contributed by atoms with van der Waals surface area (Å²) in [5.74, 6) is 1.83. The minimum atomic E-state index is -0.129. The maximum Gasteiger partial charge on any atom is 0.302 e. The Bertz CT molecular complexity index is 198. The van der Waals surface area contributed by atoms with Crippen LogP contribution in [0.5, 0.6) is 0 Å². The van der Waals surface area contributed by atoms with Gasteiger partial charge in [0.05, 0.1) is 0 Å². The van der Waals surface area contributed by atoms with Crippen molar-refractivity contribution < 1.29 is 9.53 Å². The van der Waals surface area contributed by atoms with E-state index in [4.69, 9.17) is 4.74 Å².